The van der Waals surface area contributed by atoms with E-state index in [2.05, 4.69) is 4.72 Å². The lowest BCUT2D eigenvalue weighted by atomic mass is 10.3. The Morgan fingerprint density at radius 3 is 2.59 bits per heavy atom. The van der Waals surface area contributed by atoms with Gasteiger partial charge in [-0.2, -0.15) is 0 Å². The Morgan fingerprint density at radius 2 is 1.94 bits per heavy atom. The fourth-order valence-electron chi connectivity index (χ4n) is 2.05. The van der Waals surface area contributed by atoms with Crippen molar-refractivity contribution in [3.05, 3.63) is 23.2 Å². The molecule has 0 unspecified atom stereocenters. The van der Waals surface area contributed by atoms with Gasteiger partial charge in [-0.1, -0.05) is 24.4 Å². The van der Waals surface area contributed by atoms with Gasteiger partial charge in [0, 0.05) is 5.02 Å². The van der Waals surface area contributed by atoms with Crippen LogP contribution in [0.25, 0.3) is 0 Å². The summed E-state index contributed by atoms with van der Waals surface area (Å²) in [5.74, 6) is 0. The van der Waals surface area contributed by atoms with Crippen LogP contribution >= 0.6 is 11.6 Å². The van der Waals surface area contributed by atoms with Gasteiger partial charge in [0.15, 0.2) is 0 Å². The van der Waals surface area contributed by atoms with E-state index in [0.29, 0.717) is 16.4 Å². The average Bonchev–Trinajstić information content (AvgIpc) is 2.77. The van der Waals surface area contributed by atoms with E-state index in [1.807, 2.05) is 0 Å². The van der Waals surface area contributed by atoms with Crippen LogP contribution in [0.4, 0.5) is 11.4 Å². The molecule has 2 rings (SSSR count). The van der Waals surface area contributed by atoms with Crippen molar-refractivity contribution in [1.29, 1.82) is 0 Å². The Morgan fingerprint density at radius 1 is 1.29 bits per heavy atom. The maximum Gasteiger partial charge on any atom is 0.235 e. The molecular weight excluding hydrogens is 260 g/mol. The molecular formula is C11H15ClN2O2S. The predicted molar refractivity (Wildman–Crippen MR) is 70.7 cm³/mol. The second-order valence-corrected chi connectivity index (χ2v) is 6.68. The van der Waals surface area contributed by atoms with Crippen molar-refractivity contribution in [3.8, 4) is 0 Å². The van der Waals surface area contributed by atoms with E-state index < -0.39 is 10.0 Å². The first kappa shape index (κ1) is 12.5. The van der Waals surface area contributed by atoms with Gasteiger partial charge in [-0.25, -0.2) is 8.42 Å². The lowest BCUT2D eigenvalue weighted by Gasteiger charge is -2.14. The number of nitrogens with one attached hydrogen (secondary N) is 1. The van der Waals surface area contributed by atoms with Gasteiger partial charge in [-0.15, -0.1) is 0 Å². The van der Waals surface area contributed by atoms with Gasteiger partial charge < -0.3 is 5.73 Å². The van der Waals surface area contributed by atoms with E-state index in [1.165, 1.54) is 6.07 Å². The lowest BCUT2D eigenvalue weighted by molar-refractivity contribution is 0.585. The Kier molecular flexibility index (Phi) is 3.49. The van der Waals surface area contributed by atoms with Crippen LogP contribution in [0.5, 0.6) is 0 Å². The molecule has 0 spiro atoms. The molecule has 3 N–H and O–H groups in total. The number of nitrogens with two attached hydrogens (primary N) is 1. The number of hydrogen-bond acceptors (Lipinski definition) is 3. The third-order valence-corrected chi connectivity index (χ3v) is 5.10. The maximum atomic E-state index is 12.1. The smallest absolute Gasteiger partial charge is 0.235 e. The number of benzene rings is 1. The fraction of sp³-hybridized carbons (Fsp3) is 0.455. The summed E-state index contributed by atoms with van der Waals surface area (Å²) in [7, 11) is -3.34. The summed E-state index contributed by atoms with van der Waals surface area (Å²) in [6.07, 6.45) is 3.37. The molecule has 17 heavy (non-hydrogen) atoms. The molecule has 0 aliphatic heterocycles. The molecule has 0 heterocycles. The lowest BCUT2D eigenvalue weighted by Crippen LogP contribution is -2.25. The normalized spacial score (nSPS) is 17.2. The molecule has 1 aliphatic carbocycles. The van der Waals surface area contributed by atoms with E-state index in [-0.39, 0.29) is 5.25 Å². The highest BCUT2D eigenvalue weighted by Gasteiger charge is 2.28. The summed E-state index contributed by atoms with van der Waals surface area (Å²) >= 11 is 5.81. The van der Waals surface area contributed by atoms with Crippen molar-refractivity contribution in [3.63, 3.8) is 0 Å². The number of sulfonamides is 1. The molecule has 1 aliphatic rings. The quantitative estimate of drug-likeness (QED) is 0.832. The van der Waals surface area contributed by atoms with Crippen LogP contribution in [-0.2, 0) is 10.0 Å². The van der Waals surface area contributed by atoms with Gasteiger partial charge in [0.2, 0.25) is 10.0 Å². The zero-order valence-electron chi connectivity index (χ0n) is 9.32. The van der Waals surface area contributed by atoms with Crippen LogP contribution < -0.4 is 10.5 Å². The van der Waals surface area contributed by atoms with Crippen molar-refractivity contribution >= 4 is 33.0 Å². The molecule has 1 saturated carbocycles. The predicted octanol–water partition coefficient (Wildman–Crippen LogP) is 2.61. The summed E-state index contributed by atoms with van der Waals surface area (Å²) < 4.78 is 26.6. The maximum absolute atomic E-state index is 12.1. The van der Waals surface area contributed by atoms with Crippen molar-refractivity contribution in [2.24, 2.45) is 0 Å². The molecule has 94 valence electrons. The van der Waals surface area contributed by atoms with Crippen LogP contribution in [0.1, 0.15) is 25.7 Å². The standard InChI is InChI=1S/C11H15ClN2O2S/c12-8-5-6-10(13)11(7-8)14-17(15,16)9-3-1-2-4-9/h5-7,9,14H,1-4,13H2. The average molecular weight is 275 g/mol. The zero-order valence-corrected chi connectivity index (χ0v) is 10.9. The SMILES string of the molecule is Nc1ccc(Cl)cc1NS(=O)(=O)C1CCCC1. The molecule has 0 bridgehead atoms. The number of nitrogen functional groups attached to an aromatic ring is 1. The fourth-order valence-corrected chi connectivity index (χ4v) is 3.83. The number of hydrogen-bond donors (Lipinski definition) is 2. The molecule has 0 amide bonds. The van der Waals surface area contributed by atoms with Crippen molar-refractivity contribution in [2.75, 3.05) is 10.5 Å². The summed E-state index contributed by atoms with van der Waals surface area (Å²) in [4.78, 5) is 0. The number of anilines is 2. The van der Waals surface area contributed by atoms with E-state index in [0.717, 1.165) is 25.7 Å². The van der Waals surface area contributed by atoms with Crippen LogP contribution in [0, 0.1) is 0 Å². The van der Waals surface area contributed by atoms with Crippen LogP contribution in [0.15, 0.2) is 18.2 Å². The topological polar surface area (TPSA) is 72.2 Å². The molecule has 0 saturated heterocycles. The molecule has 4 nitrogen and oxygen atoms in total. The second kappa shape index (κ2) is 4.74. The van der Waals surface area contributed by atoms with Gasteiger partial charge in [-0.3, -0.25) is 4.72 Å². The molecule has 1 aromatic carbocycles. The first-order valence-electron chi connectivity index (χ1n) is 5.56. The third-order valence-electron chi connectivity index (χ3n) is 3.01. The minimum Gasteiger partial charge on any atom is -0.397 e. The van der Waals surface area contributed by atoms with Gasteiger partial charge in [0.1, 0.15) is 0 Å². The molecule has 6 heteroatoms. The molecule has 0 atom stereocenters. The Bertz CT molecular complexity index is 510. The summed E-state index contributed by atoms with van der Waals surface area (Å²) in [6, 6.07) is 4.75. The summed E-state index contributed by atoms with van der Waals surface area (Å²) in [6.45, 7) is 0. The molecule has 0 aromatic heterocycles. The second-order valence-electron chi connectivity index (χ2n) is 4.29. The van der Waals surface area contributed by atoms with E-state index in [4.69, 9.17) is 17.3 Å². The minimum absolute atomic E-state index is 0.305. The Hall–Kier alpha value is -0.940. The highest BCUT2D eigenvalue weighted by Crippen LogP contribution is 2.29. The van der Waals surface area contributed by atoms with Gasteiger partial charge in [0.25, 0.3) is 0 Å². The van der Waals surface area contributed by atoms with Crippen molar-refractivity contribution in [1.82, 2.24) is 0 Å². The van der Waals surface area contributed by atoms with Gasteiger partial charge in [0.05, 0.1) is 16.6 Å². The van der Waals surface area contributed by atoms with Gasteiger partial charge >= 0.3 is 0 Å². The Balaban J connectivity index is 2.22. The first-order valence-corrected chi connectivity index (χ1v) is 7.48. The van der Waals surface area contributed by atoms with E-state index in [1.54, 1.807) is 12.1 Å². The van der Waals surface area contributed by atoms with Crippen LogP contribution in [0.2, 0.25) is 5.02 Å². The minimum atomic E-state index is -3.34. The van der Waals surface area contributed by atoms with Crippen molar-refractivity contribution in [2.45, 2.75) is 30.9 Å². The largest absolute Gasteiger partial charge is 0.397 e. The molecule has 0 radical (unpaired) electrons. The van der Waals surface area contributed by atoms with Crippen LogP contribution in [0.3, 0.4) is 0 Å². The van der Waals surface area contributed by atoms with Gasteiger partial charge in [-0.05, 0) is 31.0 Å². The Labute approximate surface area is 106 Å². The molecule has 1 aromatic rings. The third kappa shape index (κ3) is 2.84. The van der Waals surface area contributed by atoms with Crippen molar-refractivity contribution < 1.29 is 8.42 Å². The number of rotatable bonds is 3. The highest BCUT2D eigenvalue weighted by molar-refractivity contribution is 7.93. The van der Waals surface area contributed by atoms with Crippen LogP contribution in [-0.4, -0.2) is 13.7 Å². The summed E-state index contributed by atoms with van der Waals surface area (Å²) in [5.41, 5.74) is 6.46. The van der Waals surface area contributed by atoms with E-state index in [9.17, 15) is 8.42 Å². The monoisotopic (exact) mass is 274 g/mol. The molecule has 1 fully saturated rings. The van der Waals surface area contributed by atoms with E-state index >= 15 is 0 Å². The first-order chi connectivity index (χ1) is 7.99. The zero-order chi connectivity index (χ0) is 12.5. The summed E-state index contributed by atoms with van der Waals surface area (Å²) in [5, 5.41) is 0.157. The number of halogens is 1. The highest BCUT2D eigenvalue weighted by atomic mass is 35.5.